The maximum Gasteiger partial charge on any atom is 0.185 e. The third kappa shape index (κ3) is 2.27. The van der Waals surface area contributed by atoms with E-state index in [1.165, 1.54) is 0 Å². The van der Waals surface area contributed by atoms with E-state index in [9.17, 15) is 0 Å². The van der Waals surface area contributed by atoms with Crippen LogP contribution in [-0.4, -0.2) is 24.2 Å². The molecular weight excluding hydrogens is 192 g/mol. The number of aromatic hydroxyl groups is 1. The van der Waals surface area contributed by atoms with Gasteiger partial charge in [0.05, 0.1) is 0 Å². The predicted octanol–water partition coefficient (Wildman–Crippen LogP) is 1.21. The Balaban J connectivity index is 2.10. The molecule has 1 aliphatic heterocycles. The number of ether oxygens (including phenoxy) is 1. The topological polar surface area (TPSA) is 67.8 Å². The summed E-state index contributed by atoms with van der Waals surface area (Å²) < 4.78 is 5.40. The lowest BCUT2D eigenvalue weighted by Gasteiger charge is -2.04. The fourth-order valence-electron chi connectivity index (χ4n) is 1.55. The molecule has 0 bridgehead atoms. The van der Waals surface area contributed by atoms with Crippen molar-refractivity contribution in [2.45, 2.75) is 12.5 Å². The number of hydrogen-bond donors (Lipinski definition) is 2. The zero-order chi connectivity index (χ0) is 10.7. The SMILES string of the molecule is NCCC1=NC(c2ccc(O)cc2)CO1. The van der Waals surface area contributed by atoms with Crippen molar-refractivity contribution in [2.24, 2.45) is 10.7 Å². The Morgan fingerprint density at radius 1 is 1.40 bits per heavy atom. The molecule has 1 aliphatic rings. The van der Waals surface area contributed by atoms with E-state index in [0.29, 0.717) is 19.6 Å². The van der Waals surface area contributed by atoms with Crippen LogP contribution in [0.25, 0.3) is 0 Å². The van der Waals surface area contributed by atoms with Crippen LogP contribution in [0.15, 0.2) is 29.3 Å². The first-order valence-electron chi connectivity index (χ1n) is 4.98. The summed E-state index contributed by atoms with van der Waals surface area (Å²) in [7, 11) is 0. The van der Waals surface area contributed by atoms with Crippen molar-refractivity contribution in [1.82, 2.24) is 0 Å². The van der Waals surface area contributed by atoms with E-state index in [-0.39, 0.29) is 11.8 Å². The fourth-order valence-corrected chi connectivity index (χ4v) is 1.55. The number of phenolic OH excluding ortho intramolecular Hbond substituents is 1. The first kappa shape index (κ1) is 9.98. The van der Waals surface area contributed by atoms with Crippen LogP contribution in [0, 0.1) is 0 Å². The van der Waals surface area contributed by atoms with Crippen LogP contribution in [0.2, 0.25) is 0 Å². The molecule has 1 heterocycles. The van der Waals surface area contributed by atoms with Crippen LogP contribution >= 0.6 is 0 Å². The van der Waals surface area contributed by atoms with Crippen molar-refractivity contribution in [3.8, 4) is 5.75 Å². The molecule has 4 heteroatoms. The molecule has 0 radical (unpaired) electrons. The highest BCUT2D eigenvalue weighted by atomic mass is 16.5. The lowest BCUT2D eigenvalue weighted by atomic mass is 10.1. The Morgan fingerprint density at radius 3 is 2.80 bits per heavy atom. The molecule has 2 rings (SSSR count). The van der Waals surface area contributed by atoms with Crippen LogP contribution in [0.4, 0.5) is 0 Å². The summed E-state index contributed by atoms with van der Waals surface area (Å²) in [5, 5.41) is 9.15. The van der Waals surface area contributed by atoms with Gasteiger partial charge in [0.1, 0.15) is 18.4 Å². The fraction of sp³-hybridized carbons (Fsp3) is 0.364. The smallest absolute Gasteiger partial charge is 0.185 e. The maximum atomic E-state index is 9.15. The molecule has 1 aromatic rings. The molecule has 0 aliphatic carbocycles. The van der Waals surface area contributed by atoms with Crippen LogP contribution in [0.5, 0.6) is 5.75 Å². The normalized spacial score (nSPS) is 19.8. The van der Waals surface area contributed by atoms with E-state index in [1.54, 1.807) is 12.1 Å². The number of rotatable bonds is 3. The lowest BCUT2D eigenvalue weighted by molar-refractivity contribution is 0.312. The molecular formula is C11H14N2O2. The van der Waals surface area contributed by atoms with Crippen molar-refractivity contribution in [2.75, 3.05) is 13.2 Å². The molecule has 3 N–H and O–H groups in total. The van der Waals surface area contributed by atoms with E-state index in [1.807, 2.05) is 12.1 Å². The summed E-state index contributed by atoms with van der Waals surface area (Å²) in [6.07, 6.45) is 0.689. The van der Waals surface area contributed by atoms with Crippen molar-refractivity contribution < 1.29 is 9.84 Å². The Morgan fingerprint density at radius 2 is 2.13 bits per heavy atom. The molecule has 1 aromatic carbocycles. The molecule has 0 fully saturated rings. The first-order valence-corrected chi connectivity index (χ1v) is 4.98. The minimum atomic E-state index is 0.0483. The molecule has 1 atom stereocenters. The second-order valence-corrected chi connectivity index (χ2v) is 3.48. The van der Waals surface area contributed by atoms with E-state index in [2.05, 4.69) is 4.99 Å². The maximum absolute atomic E-state index is 9.15. The molecule has 80 valence electrons. The molecule has 4 nitrogen and oxygen atoms in total. The molecule has 0 amide bonds. The van der Waals surface area contributed by atoms with Gasteiger partial charge in [0, 0.05) is 13.0 Å². The van der Waals surface area contributed by atoms with Crippen molar-refractivity contribution in [3.63, 3.8) is 0 Å². The van der Waals surface area contributed by atoms with Crippen LogP contribution < -0.4 is 5.73 Å². The number of hydrogen-bond acceptors (Lipinski definition) is 4. The zero-order valence-corrected chi connectivity index (χ0v) is 8.39. The predicted molar refractivity (Wildman–Crippen MR) is 57.9 cm³/mol. The number of phenols is 1. The van der Waals surface area contributed by atoms with Gasteiger partial charge in [-0.05, 0) is 17.7 Å². The van der Waals surface area contributed by atoms with Gasteiger partial charge in [-0.3, -0.25) is 0 Å². The van der Waals surface area contributed by atoms with Gasteiger partial charge in [-0.1, -0.05) is 12.1 Å². The van der Waals surface area contributed by atoms with Gasteiger partial charge in [-0.2, -0.15) is 0 Å². The Labute approximate surface area is 88.4 Å². The van der Waals surface area contributed by atoms with Gasteiger partial charge in [0.2, 0.25) is 0 Å². The summed E-state index contributed by atoms with van der Waals surface area (Å²) >= 11 is 0. The highest BCUT2D eigenvalue weighted by Crippen LogP contribution is 2.24. The summed E-state index contributed by atoms with van der Waals surface area (Å²) in [6.45, 7) is 1.13. The van der Waals surface area contributed by atoms with E-state index >= 15 is 0 Å². The molecule has 1 unspecified atom stereocenters. The second kappa shape index (κ2) is 4.31. The Kier molecular flexibility index (Phi) is 2.87. The molecule has 15 heavy (non-hydrogen) atoms. The lowest BCUT2D eigenvalue weighted by Crippen LogP contribution is -2.07. The molecule has 0 saturated heterocycles. The molecule has 0 saturated carbocycles. The number of benzene rings is 1. The first-order chi connectivity index (χ1) is 7.29. The van der Waals surface area contributed by atoms with Crippen LogP contribution in [0.3, 0.4) is 0 Å². The monoisotopic (exact) mass is 206 g/mol. The van der Waals surface area contributed by atoms with E-state index in [4.69, 9.17) is 15.6 Å². The van der Waals surface area contributed by atoms with Gasteiger partial charge in [-0.25, -0.2) is 4.99 Å². The third-order valence-corrected chi connectivity index (χ3v) is 2.34. The number of aliphatic imine (C=N–C) groups is 1. The van der Waals surface area contributed by atoms with Crippen LogP contribution in [-0.2, 0) is 4.74 Å². The largest absolute Gasteiger partial charge is 0.508 e. The van der Waals surface area contributed by atoms with Gasteiger partial charge in [0.25, 0.3) is 0 Å². The van der Waals surface area contributed by atoms with Gasteiger partial charge < -0.3 is 15.6 Å². The highest BCUT2D eigenvalue weighted by molar-refractivity contribution is 5.78. The summed E-state index contributed by atoms with van der Waals surface area (Å²) in [5.41, 5.74) is 6.47. The summed E-state index contributed by atoms with van der Waals surface area (Å²) in [6, 6.07) is 7.08. The highest BCUT2D eigenvalue weighted by Gasteiger charge is 2.19. The van der Waals surface area contributed by atoms with Gasteiger partial charge in [-0.15, -0.1) is 0 Å². The van der Waals surface area contributed by atoms with Gasteiger partial charge in [0.15, 0.2) is 5.90 Å². The second-order valence-electron chi connectivity index (χ2n) is 3.48. The third-order valence-electron chi connectivity index (χ3n) is 2.34. The van der Waals surface area contributed by atoms with E-state index < -0.39 is 0 Å². The average Bonchev–Trinajstić information content (AvgIpc) is 2.68. The molecule has 0 aromatic heterocycles. The Bertz CT molecular complexity index is 359. The Hall–Kier alpha value is -1.55. The van der Waals surface area contributed by atoms with Crippen molar-refractivity contribution >= 4 is 5.90 Å². The average molecular weight is 206 g/mol. The standard InChI is InChI=1S/C11H14N2O2/c12-6-5-11-13-10(7-15-11)8-1-3-9(14)4-2-8/h1-4,10,14H,5-7,12H2. The zero-order valence-electron chi connectivity index (χ0n) is 8.39. The summed E-state index contributed by atoms with van der Waals surface area (Å²) in [5.74, 6) is 0.999. The molecule has 0 spiro atoms. The van der Waals surface area contributed by atoms with Crippen molar-refractivity contribution in [1.29, 1.82) is 0 Å². The number of nitrogens with two attached hydrogens (primary N) is 1. The summed E-state index contributed by atoms with van der Waals surface area (Å²) in [4.78, 5) is 4.41. The van der Waals surface area contributed by atoms with Crippen LogP contribution in [0.1, 0.15) is 18.0 Å². The quantitative estimate of drug-likeness (QED) is 0.781. The van der Waals surface area contributed by atoms with Crippen molar-refractivity contribution in [3.05, 3.63) is 29.8 Å². The number of nitrogens with zero attached hydrogens (tertiary/aromatic N) is 1. The minimum Gasteiger partial charge on any atom is -0.508 e. The minimum absolute atomic E-state index is 0.0483. The van der Waals surface area contributed by atoms with E-state index in [0.717, 1.165) is 11.5 Å². The van der Waals surface area contributed by atoms with Gasteiger partial charge >= 0.3 is 0 Å².